The number of anilines is 1. The van der Waals surface area contributed by atoms with Crippen LogP contribution in [0.2, 0.25) is 5.02 Å². The zero-order valence-electron chi connectivity index (χ0n) is 13.1. The Hall–Kier alpha value is -2.40. The summed E-state index contributed by atoms with van der Waals surface area (Å²) in [6.07, 6.45) is 1.76. The number of carbonyl (C=O) groups is 1. The molecule has 3 aromatic rings. The average molecular weight is 349 g/mol. The molecule has 124 valence electrons. The van der Waals surface area contributed by atoms with Crippen LogP contribution in [0.4, 0.5) is 14.5 Å². The lowest BCUT2D eigenvalue weighted by atomic mass is 9.83. The fourth-order valence-electron chi connectivity index (χ4n) is 2.60. The van der Waals surface area contributed by atoms with Crippen molar-refractivity contribution in [3.63, 3.8) is 0 Å². The Morgan fingerprint density at radius 3 is 2.58 bits per heavy atom. The van der Waals surface area contributed by atoms with E-state index in [9.17, 15) is 13.6 Å². The quantitative estimate of drug-likeness (QED) is 0.686. The minimum absolute atomic E-state index is 0.204. The van der Waals surface area contributed by atoms with Crippen molar-refractivity contribution in [2.24, 2.45) is 0 Å². The Morgan fingerprint density at radius 2 is 1.88 bits per heavy atom. The van der Waals surface area contributed by atoms with Gasteiger partial charge in [-0.1, -0.05) is 17.7 Å². The SMILES string of the molecule is CC(C)(C(=O)Nc1ccc(F)c(F)c1)c1c[nH]c2cc(Cl)ccc12. The maximum Gasteiger partial charge on any atom is 0.234 e. The number of nitrogens with one attached hydrogen (secondary N) is 2. The summed E-state index contributed by atoms with van der Waals surface area (Å²) < 4.78 is 26.3. The predicted octanol–water partition coefficient (Wildman–Crippen LogP) is 5.02. The maximum absolute atomic E-state index is 13.3. The molecule has 0 spiro atoms. The molecule has 1 heterocycles. The van der Waals surface area contributed by atoms with Gasteiger partial charge in [-0.3, -0.25) is 4.79 Å². The summed E-state index contributed by atoms with van der Waals surface area (Å²) in [4.78, 5) is 15.8. The number of benzene rings is 2. The standard InChI is InChI=1S/C18H15ClF2N2O/c1-18(2,13-9-22-16-7-10(19)3-5-12(13)16)17(24)23-11-4-6-14(20)15(21)8-11/h3-9,22H,1-2H3,(H,23,24). The minimum Gasteiger partial charge on any atom is -0.361 e. The lowest BCUT2D eigenvalue weighted by Gasteiger charge is -2.23. The van der Waals surface area contributed by atoms with E-state index in [2.05, 4.69) is 10.3 Å². The number of rotatable bonds is 3. The van der Waals surface area contributed by atoms with Crippen LogP contribution in [-0.2, 0) is 10.2 Å². The van der Waals surface area contributed by atoms with E-state index < -0.39 is 17.0 Å². The highest BCUT2D eigenvalue weighted by Gasteiger charge is 2.32. The molecule has 0 atom stereocenters. The molecule has 0 aliphatic heterocycles. The fraction of sp³-hybridized carbons (Fsp3) is 0.167. The number of carbonyl (C=O) groups excluding carboxylic acids is 1. The average Bonchev–Trinajstić information content (AvgIpc) is 2.94. The molecule has 6 heteroatoms. The third kappa shape index (κ3) is 2.87. The van der Waals surface area contributed by atoms with Gasteiger partial charge >= 0.3 is 0 Å². The van der Waals surface area contributed by atoms with Gasteiger partial charge in [-0.25, -0.2) is 8.78 Å². The topological polar surface area (TPSA) is 44.9 Å². The van der Waals surface area contributed by atoms with E-state index in [1.807, 2.05) is 6.07 Å². The molecule has 0 bridgehead atoms. The second-order valence-electron chi connectivity index (χ2n) is 6.10. The molecule has 0 unspecified atom stereocenters. The van der Waals surface area contributed by atoms with Crippen molar-refractivity contribution in [1.82, 2.24) is 4.98 Å². The summed E-state index contributed by atoms with van der Waals surface area (Å²) in [5, 5.41) is 4.11. The van der Waals surface area contributed by atoms with Crippen LogP contribution in [0.15, 0.2) is 42.6 Å². The Kier molecular flexibility index (Phi) is 4.05. The highest BCUT2D eigenvalue weighted by Crippen LogP contribution is 2.32. The first-order chi connectivity index (χ1) is 11.3. The second kappa shape index (κ2) is 5.91. The van der Waals surface area contributed by atoms with Gasteiger partial charge in [0.05, 0.1) is 5.41 Å². The smallest absolute Gasteiger partial charge is 0.234 e. The second-order valence-corrected chi connectivity index (χ2v) is 6.54. The van der Waals surface area contributed by atoms with Crippen LogP contribution in [0.1, 0.15) is 19.4 Å². The molecule has 0 radical (unpaired) electrons. The van der Waals surface area contributed by atoms with E-state index in [1.54, 1.807) is 32.2 Å². The van der Waals surface area contributed by atoms with Crippen molar-refractivity contribution >= 4 is 34.1 Å². The molecule has 1 aromatic heterocycles. The van der Waals surface area contributed by atoms with Crippen molar-refractivity contribution in [2.45, 2.75) is 19.3 Å². The molecule has 24 heavy (non-hydrogen) atoms. The number of amides is 1. The molecular weight excluding hydrogens is 334 g/mol. The van der Waals surface area contributed by atoms with E-state index in [1.165, 1.54) is 6.07 Å². The highest BCUT2D eigenvalue weighted by molar-refractivity contribution is 6.31. The van der Waals surface area contributed by atoms with Crippen LogP contribution in [-0.4, -0.2) is 10.9 Å². The van der Waals surface area contributed by atoms with Crippen molar-refractivity contribution < 1.29 is 13.6 Å². The number of fused-ring (bicyclic) bond motifs is 1. The fourth-order valence-corrected chi connectivity index (χ4v) is 2.77. The Bertz CT molecular complexity index is 934. The van der Waals surface area contributed by atoms with Gasteiger partial charge in [0.1, 0.15) is 0 Å². The van der Waals surface area contributed by atoms with Gasteiger partial charge in [0, 0.05) is 33.9 Å². The largest absolute Gasteiger partial charge is 0.361 e. The number of aromatic nitrogens is 1. The summed E-state index contributed by atoms with van der Waals surface area (Å²) in [6.45, 7) is 3.53. The van der Waals surface area contributed by atoms with Gasteiger partial charge in [0.15, 0.2) is 11.6 Å². The monoisotopic (exact) mass is 348 g/mol. The lowest BCUT2D eigenvalue weighted by molar-refractivity contribution is -0.120. The summed E-state index contributed by atoms with van der Waals surface area (Å²) in [5.41, 5.74) is 0.923. The molecule has 0 aliphatic rings. The van der Waals surface area contributed by atoms with Crippen LogP contribution in [0.3, 0.4) is 0 Å². The molecule has 0 fully saturated rings. The van der Waals surface area contributed by atoms with Gasteiger partial charge in [-0.15, -0.1) is 0 Å². The van der Waals surface area contributed by atoms with Gasteiger partial charge < -0.3 is 10.3 Å². The molecule has 3 rings (SSSR count). The minimum atomic E-state index is -1.01. The van der Waals surface area contributed by atoms with Crippen molar-refractivity contribution in [3.05, 3.63) is 64.8 Å². The van der Waals surface area contributed by atoms with E-state index in [0.29, 0.717) is 5.02 Å². The zero-order chi connectivity index (χ0) is 17.5. The molecular formula is C18H15ClF2N2O. The van der Waals surface area contributed by atoms with Gasteiger partial charge in [-0.2, -0.15) is 0 Å². The molecule has 2 aromatic carbocycles. The van der Waals surface area contributed by atoms with Crippen LogP contribution in [0, 0.1) is 11.6 Å². The Morgan fingerprint density at radius 1 is 1.12 bits per heavy atom. The van der Waals surface area contributed by atoms with E-state index in [4.69, 9.17) is 11.6 Å². The third-order valence-corrected chi connectivity index (χ3v) is 4.30. The molecule has 1 amide bonds. The first kappa shape index (κ1) is 16.5. The van der Waals surface area contributed by atoms with Gasteiger partial charge in [0.25, 0.3) is 0 Å². The van der Waals surface area contributed by atoms with Crippen LogP contribution in [0.5, 0.6) is 0 Å². The Balaban J connectivity index is 1.93. The first-order valence-corrected chi connectivity index (χ1v) is 7.70. The molecule has 0 aliphatic carbocycles. The third-order valence-electron chi connectivity index (χ3n) is 4.06. The highest BCUT2D eigenvalue weighted by atomic mass is 35.5. The van der Waals surface area contributed by atoms with Crippen molar-refractivity contribution in [2.75, 3.05) is 5.32 Å². The van der Waals surface area contributed by atoms with Crippen LogP contribution < -0.4 is 5.32 Å². The number of aromatic amines is 1. The van der Waals surface area contributed by atoms with Crippen LogP contribution >= 0.6 is 11.6 Å². The maximum atomic E-state index is 13.3. The number of hydrogen-bond acceptors (Lipinski definition) is 1. The number of hydrogen-bond donors (Lipinski definition) is 2. The Labute approximate surface area is 142 Å². The summed E-state index contributed by atoms with van der Waals surface area (Å²) in [5.74, 6) is -2.29. The normalized spacial score (nSPS) is 11.7. The summed E-state index contributed by atoms with van der Waals surface area (Å²) >= 11 is 5.97. The van der Waals surface area contributed by atoms with Crippen molar-refractivity contribution in [1.29, 1.82) is 0 Å². The molecule has 3 nitrogen and oxygen atoms in total. The predicted molar refractivity (Wildman–Crippen MR) is 91.3 cm³/mol. The summed E-state index contributed by atoms with van der Waals surface area (Å²) in [7, 11) is 0. The zero-order valence-corrected chi connectivity index (χ0v) is 13.8. The van der Waals surface area contributed by atoms with Gasteiger partial charge in [-0.05, 0) is 43.7 Å². The van der Waals surface area contributed by atoms with E-state index >= 15 is 0 Å². The van der Waals surface area contributed by atoms with E-state index in [-0.39, 0.29) is 11.6 Å². The number of H-pyrrole nitrogens is 1. The first-order valence-electron chi connectivity index (χ1n) is 7.32. The van der Waals surface area contributed by atoms with Crippen molar-refractivity contribution in [3.8, 4) is 0 Å². The van der Waals surface area contributed by atoms with E-state index in [0.717, 1.165) is 28.6 Å². The van der Waals surface area contributed by atoms with Gasteiger partial charge in [0.2, 0.25) is 5.91 Å². The van der Waals surface area contributed by atoms with Crippen LogP contribution in [0.25, 0.3) is 10.9 Å². The number of halogens is 3. The molecule has 0 saturated heterocycles. The molecule has 0 saturated carbocycles. The summed E-state index contributed by atoms with van der Waals surface area (Å²) in [6, 6.07) is 8.63. The molecule has 2 N–H and O–H groups in total. The lowest BCUT2D eigenvalue weighted by Crippen LogP contribution is -2.34.